The van der Waals surface area contributed by atoms with E-state index in [0.29, 0.717) is 15.6 Å². The minimum absolute atomic E-state index is 0.293. The molecule has 0 bridgehead atoms. The number of hydrogen-bond acceptors (Lipinski definition) is 1. The highest BCUT2D eigenvalue weighted by molar-refractivity contribution is 7.99. The van der Waals surface area contributed by atoms with Crippen LogP contribution >= 0.6 is 11.8 Å². The largest absolute Gasteiger partial charge is 0.159 e. The van der Waals surface area contributed by atoms with Crippen molar-refractivity contribution in [3.8, 4) is 0 Å². The molecule has 0 aliphatic heterocycles. The summed E-state index contributed by atoms with van der Waals surface area (Å²) in [6.07, 6.45) is 18.3. The molecule has 3 rings (SSSR count). The van der Waals surface area contributed by atoms with Crippen LogP contribution in [0.2, 0.25) is 0 Å². The van der Waals surface area contributed by atoms with Gasteiger partial charge in [-0.1, -0.05) is 212 Å². The molecular weight excluding hydrogens is 500 g/mol. The minimum atomic E-state index is 0.293. The van der Waals surface area contributed by atoms with E-state index in [2.05, 4.69) is 120 Å². The molecule has 2 fully saturated rings. The molecule has 0 atom stereocenters. The van der Waals surface area contributed by atoms with Gasteiger partial charge in [-0.05, 0) is 34.5 Å². The van der Waals surface area contributed by atoms with Crippen molar-refractivity contribution < 1.29 is 0 Å². The molecule has 0 unspecified atom stereocenters. The summed E-state index contributed by atoms with van der Waals surface area (Å²) in [6.45, 7) is 34.9. The number of hydrogen-bond donors (Lipinski definition) is 0. The first-order chi connectivity index (χ1) is 18.5. The normalized spacial score (nSPS) is 15.6. The maximum atomic E-state index is 2.36. The van der Waals surface area contributed by atoms with Gasteiger partial charge in [-0.3, -0.25) is 0 Å². The van der Waals surface area contributed by atoms with Gasteiger partial charge in [0.05, 0.1) is 0 Å². The van der Waals surface area contributed by atoms with Crippen LogP contribution in [-0.4, -0.2) is 11.0 Å². The van der Waals surface area contributed by atoms with Gasteiger partial charge < -0.3 is 0 Å². The molecule has 0 aromatic heterocycles. The number of benzene rings is 1. The Balaban J connectivity index is -0.000000199. The lowest BCUT2D eigenvalue weighted by Crippen LogP contribution is -2.10. The van der Waals surface area contributed by atoms with E-state index >= 15 is 0 Å². The van der Waals surface area contributed by atoms with E-state index in [9.17, 15) is 0 Å². The lowest BCUT2D eigenvalue weighted by atomic mass is 9.87. The summed E-state index contributed by atoms with van der Waals surface area (Å²) in [5.41, 5.74) is 2.23. The second-order valence-corrected chi connectivity index (χ2v) is 16.0. The molecule has 40 heavy (non-hydrogen) atoms. The fourth-order valence-corrected chi connectivity index (χ4v) is 3.55. The highest BCUT2D eigenvalue weighted by Crippen LogP contribution is 2.23. The first-order valence-corrected chi connectivity index (χ1v) is 18.3. The van der Waals surface area contributed by atoms with E-state index in [1.54, 1.807) is 0 Å². The molecule has 242 valence electrons. The summed E-state index contributed by atoms with van der Waals surface area (Å²) in [5.74, 6) is 2.07. The van der Waals surface area contributed by atoms with Crippen LogP contribution in [0.25, 0.3) is 0 Å². The van der Waals surface area contributed by atoms with E-state index in [1.807, 2.05) is 39.5 Å². The molecule has 1 aromatic rings. The standard InChI is InChI=1S/C10H14.2C7H14.C6H14.C5H12S.2C2H6/c1-10(2,3)9-7-5-4-6-8-9;2*1-7-5-3-2-4-6-7;1-5-6(2,3)4;1-5(2,3)6-4;2*1-2/h4-8H,1-3H3;2*7H,2-6H2,1H3;5H2,1-4H3;1-4H3;2*1-2H3. The van der Waals surface area contributed by atoms with Crippen LogP contribution in [0.3, 0.4) is 0 Å². The van der Waals surface area contributed by atoms with Crippen molar-refractivity contribution in [2.45, 2.75) is 192 Å². The van der Waals surface area contributed by atoms with Crippen molar-refractivity contribution in [1.82, 2.24) is 0 Å². The Morgan fingerprint density at radius 3 is 1.00 bits per heavy atom. The Morgan fingerprint density at radius 1 is 0.600 bits per heavy atom. The first-order valence-electron chi connectivity index (χ1n) is 17.1. The van der Waals surface area contributed by atoms with Crippen LogP contribution in [0.15, 0.2) is 30.3 Å². The second kappa shape index (κ2) is 28.7. The molecule has 0 amide bonds. The lowest BCUT2D eigenvalue weighted by Gasteiger charge is -2.18. The molecule has 0 N–H and O–H groups in total. The van der Waals surface area contributed by atoms with E-state index < -0.39 is 0 Å². The van der Waals surface area contributed by atoms with Crippen LogP contribution in [0.1, 0.15) is 187 Å². The summed E-state index contributed by atoms with van der Waals surface area (Å²) < 4.78 is 0.458. The van der Waals surface area contributed by atoms with Crippen molar-refractivity contribution in [2.24, 2.45) is 17.3 Å². The zero-order valence-corrected chi connectivity index (χ0v) is 32.0. The third kappa shape index (κ3) is 39.7. The maximum Gasteiger partial charge on any atom is 0.00723 e. The Morgan fingerprint density at radius 2 is 0.875 bits per heavy atom. The Kier molecular flexibility index (Phi) is 33.4. The van der Waals surface area contributed by atoms with Crippen molar-refractivity contribution >= 4 is 11.8 Å². The van der Waals surface area contributed by atoms with E-state index in [1.165, 1.54) is 76.2 Å². The highest BCUT2D eigenvalue weighted by Gasteiger charge is 2.11. The van der Waals surface area contributed by atoms with Crippen LogP contribution in [0.5, 0.6) is 0 Å². The summed E-state index contributed by atoms with van der Waals surface area (Å²) in [5, 5.41) is 0. The van der Waals surface area contributed by atoms with Crippen molar-refractivity contribution in [2.75, 3.05) is 6.26 Å². The summed E-state index contributed by atoms with van der Waals surface area (Å²) in [6, 6.07) is 10.6. The van der Waals surface area contributed by atoms with Gasteiger partial charge >= 0.3 is 0 Å². The van der Waals surface area contributed by atoms with Crippen LogP contribution in [0, 0.1) is 17.3 Å². The molecule has 1 aromatic carbocycles. The SMILES string of the molecule is CC.CC.CC(C)(C)c1ccccc1.CC1CCCCC1.CC1CCCCC1.CCC(C)(C)C.CSC(C)(C)C. The van der Waals surface area contributed by atoms with Gasteiger partial charge in [0.2, 0.25) is 0 Å². The molecule has 2 aliphatic carbocycles. The van der Waals surface area contributed by atoms with E-state index in [-0.39, 0.29) is 0 Å². The molecule has 0 heterocycles. The van der Waals surface area contributed by atoms with Gasteiger partial charge in [0, 0.05) is 4.75 Å². The molecule has 0 nitrogen and oxygen atoms in total. The molecule has 2 saturated carbocycles. The minimum Gasteiger partial charge on any atom is -0.159 e. The fraction of sp³-hybridized carbons (Fsp3) is 0.846. The molecular formula is C39H80S. The van der Waals surface area contributed by atoms with E-state index in [4.69, 9.17) is 0 Å². The Labute approximate surface area is 262 Å². The third-order valence-electron chi connectivity index (χ3n) is 7.10. The predicted molar refractivity (Wildman–Crippen MR) is 195 cm³/mol. The van der Waals surface area contributed by atoms with E-state index in [0.717, 1.165) is 11.8 Å². The molecule has 2 aliphatic rings. The smallest absolute Gasteiger partial charge is 0.00723 e. The monoisotopic (exact) mass is 581 g/mol. The first kappa shape index (κ1) is 46.5. The topological polar surface area (TPSA) is 0 Å². The number of rotatable bonds is 0. The Hall–Kier alpha value is -0.430. The third-order valence-corrected chi connectivity index (χ3v) is 8.33. The lowest BCUT2D eigenvalue weighted by molar-refractivity contribution is 0.385. The quantitative estimate of drug-likeness (QED) is 0.294. The van der Waals surface area contributed by atoms with Gasteiger partial charge in [0.15, 0.2) is 0 Å². The average Bonchev–Trinajstić information content (AvgIpc) is 2.92. The van der Waals surface area contributed by atoms with Gasteiger partial charge in [0.1, 0.15) is 0 Å². The zero-order valence-electron chi connectivity index (χ0n) is 31.2. The van der Waals surface area contributed by atoms with Crippen LogP contribution in [0.4, 0.5) is 0 Å². The molecule has 0 radical (unpaired) electrons. The zero-order chi connectivity index (χ0) is 32.3. The average molecular weight is 581 g/mol. The summed E-state index contributed by atoms with van der Waals surface area (Å²) in [4.78, 5) is 0. The fourth-order valence-electron chi connectivity index (χ4n) is 3.55. The maximum absolute atomic E-state index is 2.36. The predicted octanol–water partition coefficient (Wildman–Crippen LogP) is 14.8. The van der Waals surface area contributed by atoms with Gasteiger partial charge in [-0.15, -0.1) is 0 Å². The van der Waals surface area contributed by atoms with Crippen molar-refractivity contribution in [1.29, 1.82) is 0 Å². The van der Waals surface area contributed by atoms with Crippen molar-refractivity contribution in [3.05, 3.63) is 35.9 Å². The molecule has 1 heteroatoms. The van der Waals surface area contributed by atoms with Crippen LogP contribution in [-0.2, 0) is 5.41 Å². The molecule has 0 spiro atoms. The van der Waals surface area contributed by atoms with Gasteiger partial charge in [0.25, 0.3) is 0 Å². The highest BCUT2D eigenvalue weighted by atomic mass is 32.2. The summed E-state index contributed by atoms with van der Waals surface area (Å²) >= 11 is 1.88. The molecule has 0 saturated heterocycles. The van der Waals surface area contributed by atoms with Gasteiger partial charge in [-0.25, -0.2) is 0 Å². The summed E-state index contributed by atoms with van der Waals surface area (Å²) in [7, 11) is 0. The van der Waals surface area contributed by atoms with Crippen LogP contribution < -0.4 is 0 Å². The Bertz CT molecular complexity index is 540. The van der Waals surface area contributed by atoms with Gasteiger partial charge in [-0.2, -0.15) is 11.8 Å². The number of thioether (sulfide) groups is 1. The van der Waals surface area contributed by atoms with Crippen molar-refractivity contribution in [3.63, 3.8) is 0 Å². The second-order valence-electron chi connectivity index (χ2n) is 14.3.